The number of hydrogen-bond acceptors (Lipinski definition) is 4. The smallest absolute Gasteiger partial charge is 0.126 e. The van der Waals surface area contributed by atoms with Gasteiger partial charge in [-0.3, -0.25) is 0 Å². The second kappa shape index (κ2) is 9.14. The minimum absolute atomic E-state index is 0.218. The predicted molar refractivity (Wildman–Crippen MR) is 93.3 cm³/mol. The Hall–Kier alpha value is -1.26. The number of likely N-dealkylation sites (tertiary alicyclic amines) is 1. The van der Waals surface area contributed by atoms with E-state index in [0.717, 1.165) is 56.0 Å². The lowest BCUT2D eigenvalue weighted by atomic mass is 9.88. The monoisotopic (exact) mass is 321 g/mol. The van der Waals surface area contributed by atoms with Gasteiger partial charge in [-0.15, -0.1) is 0 Å². The number of aliphatic hydroxyl groups excluding tert-OH is 1. The van der Waals surface area contributed by atoms with E-state index in [9.17, 15) is 5.11 Å². The lowest BCUT2D eigenvalue weighted by Gasteiger charge is -2.36. The molecule has 0 radical (unpaired) electrons. The summed E-state index contributed by atoms with van der Waals surface area (Å²) < 4.78 is 11.4. The highest BCUT2D eigenvalue weighted by atomic mass is 16.5. The molecule has 0 saturated carbocycles. The van der Waals surface area contributed by atoms with Crippen LogP contribution in [-0.4, -0.2) is 49.0 Å². The van der Waals surface area contributed by atoms with Gasteiger partial charge < -0.3 is 19.5 Å². The Kier molecular flexibility index (Phi) is 7.18. The first kappa shape index (κ1) is 18.1. The van der Waals surface area contributed by atoms with Gasteiger partial charge in [0, 0.05) is 25.1 Å². The first-order valence-corrected chi connectivity index (χ1v) is 8.96. The molecule has 1 fully saturated rings. The zero-order chi connectivity index (χ0) is 16.7. The summed E-state index contributed by atoms with van der Waals surface area (Å²) in [4.78, 5) is 2.46. The van der Waals surface area contributed by atoms with E-state index in [1.54, 1.807) is 0 Å². The van der Waals surface area contributed by atoms with Crippen LogP contribution in [0.25, 0.3) is 0 Å². The highest BCUT2D eigenvalue weighted by Gasteiger charge is 2.28. The standard InChI is InChI=1S/C19H31NO3/c1-4-10-20-11-9-18(21)16(14-20)12-15-7-8-17(22-5-2)13-19(15)23-6-3/h7-8,13,16,18,21H,4-6,9-12,14H2,1-3H3. The van der Waals surface area contributed by atoms with Gasteiger partial charge >= 0.3 is 0 Å². The zero-order valence-corrected chi connectivity index (χ0v) is 14.8. The molecule has 0 bridgehead atoms. The molecule has 0 amide bonds. The average Bonchev–Trinajstić information content (AvgIpc) is 2.54. The van der Waals surface area contributed by atoms with E-state index in [2.05, 4.69) is 17.9 Å². The van der Waals surface area contributed by atoms with Crippen molar-refractivity contribution in [2.45, 2.75) is 46.1 Å². The third kappa shape index (κ3) is 5.11. The maximum absolute atomic E-state index is 10.4. The van der Waals surface area contributed by atoms with E-state index in [-0.39, 0.29) is 12.0 Å². The molecule has 1 aromatic rings. The predicted octanol–water partition coefficient (Wildman–Crippen LogP) is 3.12. The summed E-state index contributed by atoms with van der Waals surface area (Å²) in [5.74, 6) is 2.00. The van der Waals surface area contributed by atoms with Crippen LogP contribution in [0.5, 0.6) is 11.5 Å². The number of piperidine rings is 1. The van der Waals surface area contributed by atoms with Crippen molar-refractivity contribution in [2.75, 3.05) is 32.8 Å². The van der Waals surface area contributed by atoms with Crippen LogP contribution in [0.3, 0.4) is 0 Å². The summed E-state index contributed by atoms with van der Waals surface area (Å²) in [6, 6.07) is 6.06. The number of benzene rings is 1. The number of aliphatic hydroxyl groups is 1. The van der Waals surface area contributed by atoms with Gasteiger partial charge in [0.1, 0.15) is 11.5 Å². The van der Waals surface area contributed by atoms with Crippen LogP contribution in [0.1, 0.15) is 39.2 Å². The number of hydrogen-bond donors (Lipinski definition) is 1. The molecule has 1 saturated heterocycles. The molecule has 1 N–H and O–H groups in total. The van der Waals surface area contributed by atoms with Crippen LogP contribution in [0.15, 0.2) is 18.2 Å². The summed E-state index contributed by atoms with van der Waals surface area (Å²) in [6.45, 7) is 10.6. The summed E-state index contributed by atoms with van der Waals surface area (Å²) in [5.41, 5.74) is 1.16. The molecule has 1 heterocycles. The number of ether oxygens (including phenoxy) is 2. The third-order valence-corrected chi connectivity index (χ3v) is 4.45. The second-order valence-electron chi connectivity index (χ2n) is 6.26. The number of rotatable bonds is 8. The highest BCUT2D eigenvalue weighted by molar-refractivity contribution is 5.41. The Morgan fingerprint density at radius 2 is 1.96 bits per heavy atom. The van der Waals surface area contributed by atoms with Gasteiger partial charge in [-0.25, -0.2) is 0 Å². The summed E-state index contributed by atoms with van der Waals surface area (Å²) >= 11 is 0. The quantitative estimate of drug-likeness (QED) is 0.799. The molecule has 1 aliphatic rings. The molecule has 4 nitrogen and oxygen atoms in total. The Morgan fingerprint density at radius 3 is 2.65 bits per heavy atom. The average molecular weight is 321 g/mol. The van der Waals surface area contributed by atoms with Crippen LogP contribution in [0.4, 0.5) is 0 Å². The molecule has 23 heavy (non-hydrogen) atoms. The normalized spacial score (nSPS) is 22.1. The van der Waals surface area contributed by atoms with Crippen molar-refractivity contribution in [1.82, 2.24) is 4.90 Å². The van der Waals surface area contributed by atoms with Gasteiger partial charge in [0.15, 0.2) is 0 Å². The van der Waals surface area contributed by atoms with Crippen molar-refractivity contribution in [3.63, 3.8) is 0 Å². The van der Waals surface area contributed by atoms with Gasteiger partial charge in [-0.1, -0.05) is 13.0 Å². The van der Waals surface area contributed by atoms with Crippen LogP contribution >= 0.6 is 0 Å². The van der Waals surface area contributed by atoms with Crippen molar-refractivity contribution < 1.29 is 14.6 Å². The maximum atomic E-state index is 10.4. The lowest BCUT2D eigenvalue weighted by molar-refractivity contribution is 0.0268. The molecule has 4 heteroatoms. The number of nitrogens with zero attached hydrogens (tertiary/aromatic N) is 1. The van der Waals surface area contributed by atoms with Crippen molar-refractivity contribution in [2.24, 2.45) is 5.92 Å². The van der Waals surface area contributed by atoms with Gasteiger partial charge in [0.2, 0.25) is 0 Å². The van der Waals surface area contributed by atoms with Gasteiger partial charge in [0.05, 0.1) is 19.3 Å². The van der Waals surface area contributed by atoms with Crippen LogP contribution in [-0.2, 0) is 6.42 Å². The lowest BCUT2D eigenvalue weighted by Crippen LogP contribution is -2.44. The van der Waals surface area contributed by atoms with E-state index in [0.29, 0.717) is 13.2 Å². The van der Waals surface area contributed by atoms with E-state index < -0.39 is 0 Å². The Labute approximate surface area is 140 Å². The van der Waals surface area contributed by atoms with Crippen molar-refractivity contribution in [3.05, 3.63) is 23.8 Å². The maximum Gasteiger partial charge on any atom is 0.126 e. The highest BCUT2D eigenvalue weighted by Crippen LogP contribution is 2.30. The van der Waals surface area contributed by atoms with Crippen molar-refractivity contribution in [3.8, 4) is 11.5 Å². The van der Waals surface area contributed by atoms with Crippen LogP contribution < -0.4 is 9.47 Å². The largest absolute Gasteiger partial charge is 0.494 e. The molecular weight excluding hydrogens is 290 g/mol. The Bertz CT molecular complexity index is 478. The molecular formula is C19H31NO3. The summed E-state index contributed by atoms with van der Waals surface area (Å²) in [6.07, 6.45) is 2.66. The molecule has 2 unspecified atom stereocenters. The van der Waals surface area contributed by atoms with Gasteiger partial charge in [0.25, 0.3) is 0 Å². The molecule has 1 aromatic carbocycles. The van der Waals surface area contributed by atoms with Gasteiger partial charge in [-0.2, -0.15) is 0 Å². The molecule has 0 aromatic heterocycles. The second-order valence-corrected chi connectivity index (χ2v) is 6.26. The minimum atomic E-state index is -0.218. The fourth-order valence-corrected chi connectivity index (χ4v) is 3.35. The molecule has 130 valence electrons. The zero-order valence-electron chi connectivity index (χ0n) is 14.8. The van der Waals surface area contributed by atoms with Gasteiger partial charge in [-0.05, 0) is 51.3 Å². The molecule has 1 aliphatic heterocycles. The van der Waals surface area contributed by atoms with E-state index in [1.807, 2.05) is 26.0 Å². The first-order chi connectivity index (χ1) is 11.2. The minimum Gasteiger partial charge on any atom is -0.494 e. The van der Waals surface area contributed by atoms with Crippen LogP contribution in [0.2, 0.25) is 0 Å². The van der Waals surface area contributed by atoms with Crippen molar-refractivity contribution >= 4 is 0 Å². The summed E-state index contributed by atoms with van der Waals surface area (Å²) in [7, 11) is 0. The van der Waals surface area contributed by atoms with Crippen molar-refractivity contribution in [1.29, 1.82) is 0 Å². The Morgan fingerprint density at radius 1 is 1.17 bits per heavy atom. The molecule has 0 aliphatic carbocycles. The first-order valence-electron chi connectivity index (χ1n) is 8.96. The molecule has 2 atom stereocenters. The van der Waals surface area contributed by atoms with Crippen LogP contribution in [0, 0.1) is 5.92 Å². The summed E-state index contributed by atoms with van der Waals surface area (Å²) in [5, 5.41) is 10.4. The topological polar surface area (TPSA) is 41.9 Å². The molecule has 0 spiro atoms. The fraction of sp³-hybridized carbons (Fsp3) is 0.684. The Balaban J connectivity index is 2.10. The van der Waals surface area contributed by atoms with E-state index >= 15 is 0 Å². The molecule has 2 rings (SSSR count). The fourth-order valence-electron chi connectivity index (χ4n) is 3.35. The third-order valence-electron chi connectivity index (χ3n) is 4.45. The van der Waals surface area contributed by atoms with E-state index in [1.165, 1.54) is 0 Å². The van der Waals surface area contributed by atoms with E-state index in [4.69, 9.17) is 9.47 Å². The SMILES string of the molecule is CCCN1CCC(O)C(Cc2ccc(OCC)cc2OCC)C1.